The second-order valence-electron chi connectivity index (χ2n) is 3.60. The maximum atomic E-state index is 4.10. The molecule has 0 aromatic carbocycles. The van der Waals surface area contributed by atoms with Gasteiger partial charge in [0.05, 0.1) is 0 Å². The zero-order valence-corrected chi connectivity index (χ0v) is 6.40. The highest BCUT2D eigenvalue weighted by molar-refractivity contribution is 5.23. The van der Waals surface area contributed by atoms with E-state index in [0.29, 0.717) is 5.41 Å². The summed E-state index contributed by atoms with van der Waals surface area (Å²) >= 11 is 0. The predicted molar refractivity (Wildman–Crippen MR) is 43.8 cm³/mol. The molecule has 0 aromatic heterocycles. The largest absolute Gasteiger partial charge is 0.0993 e. The molecule has 10 heavy (non-hydrogen) atoms. The fourth-order valence-electron chi connectivity index (χ4n) is 2.09. The van der Waals surface area contributed by atoms with Crippen molar-refractivity contribution in [3.05, 3.63) is 24.3 Å². The van der Waals surface area contributed by atoms with Crippen molar-refractivity contribution in [1.82, 2.24) is 0 Å². The van der Waals surface area contributed by atoms with Crippen LogP contribution in [0.1, 0.15) is 32.1 Å². The van der Waals surface area contributed by atoms with Crippen molar-refractivity contribution in [3.8, 4) is 0 Å². The molecule has 2 aliphatic carbocycles. The van der Waals surface area contributed by atoms with E-state index < -0.39 is 0 Å². The summed E-state index contributed by atoms with van der Waals surface area (Å²) in [4.78, 5) is 0. The van der Waals surface area contributed by atoms with Crippen LogP contribution in [-0.4, -0.2) is 0 Å². The highest BCUT2D eigenvalue weighted by Crippen LogP contribution is 2.52. The van der Waals surface area contributed by atoms with Gasteiger partial charge in [-0.1, -0.05) is 24.3 Å². The van der Waals surface area contributed by atoms with E-state index in [1.165, 1.54) is 37.7 Å². The van der Waals surface area contributed by atoms with Crippen molar-refractivity contribution in [2.45, 2.75) is 32.1 Å². The van der Waals surface area contributed by atoms with E-state index in [1.54, 1.807) is 0 Å². The summed E-state index contributed by atoms with van der Waals surface area (Å²) in [6.45, 7) is 4.10. The molecule has 1 atom stereocenters. The molecule has 0 aromatic rings. The molecule has 0 heteroatoms. The van der Waals surface area contributed by atoms with Crippen molar-refractivity contribution in [3.63, 3.8) is 0 Å². The Bertz CT molecular complexity index is 188. The smallest absolute Gasteiger partial charge is 0.00503 e. The fourth-order valence-corrected chi connectivity index (χ4v) is 2.09. The summed E-state index contributed by atoms with van der Waals surface area (Å²) in [7, 11) is 0. The van der Waals surface area contributed by atoms with E-state index in [2.05, 4.69) is 18.7 Å². The summed E-state index contributed by atoms with van der Waals surface area (Å²) in [6, 6.07) is 0. The van der Waals surface area contributed by atoms with Gasteiger partial charge in [0.2, 0.25) is 0 Å². The third kappa shape index (κ3) is 0.681. The summed E-state index contributed by atoms with van der Waals surface area (Å²) in [5, 5.41) is 0. The molecule has 2 aliphatic rings. The van der Waals surface area contributed by atoms with Crippen LogP contribution in [0.2, 0.25) is 0 Å². The standard InChI is InChI=1S/C10H14/c1-9-5-8-10(9)6-3-2-4-7-10/h2-3H,1,4-8H2. The van der Waals surface area contributed by atoms with Crippen molar-refractivity contribution in [1.29, 1.82) is 0 Å². The van der Waals surface area contributed by atoms with Crippen LogP contribution in [0, 0.1) is 5.41 Å². The number of hydrogen-bond acceptors (Lipinski definition) is 0. The van der Waals surface area contributed by atoms with Gasteiger partial charge in [-0.05, 0) is 37.5 Å². The molecule has 1 spiro atoms. The van der Waals surface area contributed by atoms with E-state index in [0.717, 1.165) is 0 Å². The lowest BCUT2D eigenvalue weighted by Crippen LogP contribution is -2.32. The minimum Gasteiger partial charge on any atom is -0.0993 e. The van der Waals surface area contributed by atoms with E-state index in [-0.39, 0.29) is 0 Å². The molecule has 0 bridgehead atoms. The minimum atomic E-state index is 0.578. The normalized spacial score (nSPS) is 38.2. The molecular weight excluding hydrogens is 120 g/mol. The summed E-state index contributed by atoms with van der Waals surface area (Å²) in [5.41, 5.74) is 2.09. The Morgan fingerprint density at radius 2 is 2.20 bits per heavy atom. The lowest BCUT2D eigenvalue weighted by atomic mass is 9.59. The quantitative estimate of drug-likeness (QED) is 0.447. The monoisotopic (exact) mass is 134 g/mol. The molecule has 0 saturated heterocycles. The van der Waals surface area contributed by atoms with Crippen molar-refractivity contribution >= 4 is 0 Å². The first kappa shape index (κ1) is 6.21. The molecule has 0 N–H and O–H groups in total. The molecular formula is C10H14. The Morgan fingerprint density at radius 1 is 1.30 bits per heavy atom. The van der Waals surface area contributed by atoms with Crippen LogP contribution in [0.4, 0.5) is 0 Å². The average molecular weight is 134 g/mol. The van der Waals surface area contributed by atoms with Gasteiger partial charge in [0.15, 0.2) is 0 Å². The second kappa shape index (κ2) is 1.98. The molecule has 1 fully saturated rings. The number of rotatable bonds is 0. The highest BCUT2D eigenvalue weighted by atomic mass is 14.4. The fraction of sp³-hybridized carbons (Fsp3) is 0.600. The van der Waals surface area contributed by atoms with E-state index in [9.17, 15) is 0 Å². The van der Waals surface area contributed by atoms with Crippen molar-refractivity contribution in [2.75, 3.05) is 0 Å². The first-order chi connectivity index (χ1) is 4.83. The lowest BCUT2D eigenvalue weighted by molar-refractivity contribution is 0.217. The first-order valence-electron chi connectivity index (χ1n) is 4.17. The summed E-state index contributed by atoms with van der Waals surface area (Å²) in [5.74, 6) is 0. The summed E-state index contributed by atoms with van der Waals surface area (Å²) in [6.07, 6.45) is 11.2. The molecule has 0 nitrogen and oxygen atoms in total. The SMILES string of the molecule is C=C1CCC12CC=CCC2. The lowest BCUT2D eigenvalue weighted by Gasteiger charge is -2.45. The van der Waals surface area contributed by atoms with E-state index in [1.807, 2.05) is 0 Å². The predicted octanol–water partition coefficient (Wildman–Crippen LogP) is 3.06. The van der Waals surface area contributed by atoms with Crippen LogP contribution in [0.25, 0.3) is 0 Å². The summed E-state index contributed by atoms with van der Waals surface area (Å²) < 4.78 is 0. The molecule has 0 radical (unpaired) electrons. The molecule has 1 unspecified atom stereocenters. The van der Waals surface area contributed by atoms with Crippen molar-refractivity contribution in [2.24, 2.45) is 5.41 Å². The van der Waals surface area contributed by atoms with E-state index in [4.69, 9.17) is 0 Å². The maximum Gasteiger partial charge on any atom is -0.00503 e. The van der Waals surface area contributed by atoms with Gasteiger partial charge in [-0.3, -0.25) is 0 Å². The van der Waals surface area contributed by atoms with Gasteiger partial charge in [-0.25, -0.2) is 0 Å². The Kier molecular flexibility index (Phi) is 1.23. The Hall–Kier alpha value is -0.520. The Balaban J connectivity index is 2.15. The molecule has 0 aliphatic heterocycles. The zero-order valence-electron chi connectivity index (χ0n) is 6.40. The van der Waals surface area contributed by atoms with Gasteiger partial charge in [0.25, 0.3) is 0 Å². The third-order valence-corrected chi connectivity index (χ3v) is 3.12. The van der Waals surface area contributed by atoms with Gasteiger partial charge in [-0.2, -0.15) is 0 Å². The van der Waals surface area contributed by atoms with Crippen LogP contribution >= 0.6 is 0 Å². The van der Waals surface area contributed by atoms with Crippen LogP contribution in [0.5, 0.6) is 0 Å². The van der Waals surface area contributed by atoms with Gasteiger partial charge < -0.3 is 0 Å². The van der Waals surface area contributed by atoms with Crippen LogP contribution in [0.15, 0.2) is 24.3 Å². The van der Waals surface area contributed by atoms with Crippen molar-refractivity contribution < 1.29 is 0 Å². The Labute approximate surface area is 62.6 Å². The van der Waals surface area contributed by atoms with Crippen LogP contribution < -0.4 is 0 Å². The number of allylic oxidation sites excluding steroid dienone is 3. The highest BCUT2D eigenvalue weighted by Gasteiger charge is 2.39. The van der Waals surface area contributed by atoms with E-state index >= 15 is 0 Å². The topological polar surface area (TPSA) is 0 Å². The van der Waals surface area contributed by atoms with Gasteiger partial charge in [-0.15, -0.1) is 0 Å². The number of hydrogen-bond donors (Lipinski definition) is 0. The minimum absolute atomic E-state index is 0.578. The molecule has 1 saturated carbocycles. The molecule has 0 heterocycles. The third-order valence-electron chi connectivity index (χ3n) is 3.12. The van der Waals surface area contributed by atoms with Crippen LogP contribution in [0.3, 0.4) is 0 Å². The molecule has 2 rings (SSSR count). The molecule has 54 valence electrons. The maximum absolute atomic E-state index is 4.10. The zero-order chi connectivity index (χ0) is 7.03. The van der Waals surface area contributed by atoms with Gasteiger partial charge >= 0.3 is 0 Å². The average Bonchev–Trinajstić information content (AvgIpc) is 2.04. The first-order valence-corrected chi connectivity index (χ1v) is 4.17. The van der Waals surface area contributed by atoms with Crippen LogP contribution in [-0.2, 0) is 0 Å². The van der Waals surface area contributed by atoms with Gasteiger partial charge in [0, 0.05) is 0 Å². The van der Waals surface area contributed by atoms with Gasteiger partial charge in [0.1, 0.15) is 0 Å². The second-order valence-corrected chi connectivity index (χ2v) is 3.60. The Morgan fingerprint density at radius 3 is 2.50 bits per heavy atom. The molecule has 0 amide bonds.